The average Bonchev–Trinajstić information content (AvgIpc) is 3.15. The van der Waals surface area contributed by atoms with Gasteiger partial charge in [0.15, 0.2) is 0 Å². The van der Waals surface area contributed by atoms with Crippen molar-refractivity contribution < 1.29 is 29.0 Å². The maximum absolute atomic E-state index is 12.8. The summed E-state index contributed by atoms with van der Waals surface area (Å²) in [6.07, 6.45) is -0.940. The Labute approximate surface area is 202 Å². The molecule has 0 spiro atoms. The molecular weight excluding hydrogens is 448 g/mol. The molecule has 2 amide bonds. The van der Waals surface area contributed by atoms with Crippen molar-refractivity contribution in [1.82, 2.24) is 5.32 Å². The van der Waals surface area contributed by atoms with Crippen molar-refractivity contribution in [3.05, 3.63) is 83.4 Å². The number of benzene rings is 3. The third-order valence-corrected chi connectivity index (χ3v) is 5.91. The maximum atomic E-state index is 12.8. The number of ether oxygens (including phenoxy) is 2. The van der Waals surface area contributed by atoms with E-state index in [9.17, 15) is 14.4 Å². The lowest BCUT2D eigenvalue weighted by atomic mass is 9.98. The molecule has 8 nitrogen and oxygen atoms in total. The first-order valence-corrected chi connectivity index (χ1v) is 11.2. The fourth-order valence-electron chi connectivity index (χ4n) is 4.31. The summed E-state index contributed by atoms with van der Waals surface area (Å²) < 4.78 is 10.8. The summed E-state index contributed by atoms with van der Waals surface area (Å²) in [5.74, 6) is -1.20. The lowest BCUT2D eigenvalue weighted by Crippen LogP contribution is -2.34. The van der Waals surface area contributed by atoms with Crippen molar-refractivity contribution in [2.24, 2.45) is 0 Å². The van der Waals surface area contributed by atoms with Crippen LogP contribution in [0, 0.1) is 0 Å². The van der Waals surface area contributed by atoms with Crippen LogP contribution < -0.4 is 15.4 Å². The molecule has 0 heterocycles. The number of carboxylic acids is 1. The van der Waals surface area contributed by atoms with E-state index in [4.69, 9.17) is 14.6 Å². The van der Waals surface area contributed by atoms with E-state index in [0.29, 0.717) is 5.75 Å². The lowest BCUT2D eigenvalue weighted by molar-refractivity contribution is -0.137. The van der Waals surface area contributed by atoms with Crippen LogP contribution in [0.5, 0.6) is 5.75 Å². The summed E-state index contributed by atoms with van der Waals surface area (Å²) in [7, 11) is 1.47. The van der Waals surface area contributed by atoms with Crippen molar-refractivity contribution in [2.45, 2.75) is 25.3 Å². The number of amides is 2. The second-order valence-corrected chi connectivity index (χ2v) is 8.33. The molecule has 0 aliphatic heterocycles. The fraction of sp³-hybridized carbons (Fsp3) is 0.222. The number of carbonyl (C=O) groups is 3. The van der Waals surface area contributed by atoms with Crippen molar-refractivity contribution >= 4 is 23.7 Å². The molecule has 0 bridgehead atoms. The molecule has 4 rings (SSSR count). The molecule has 8 heteroatoms. The number of carbonyl (C=O) groups excluding carboxylic acids is 2. The molecule has 1 aliphatic rings. The van der Waals surface area contributed by atoms with Crippen LogP contribution in [0.15, 0.2) is 66.7 Å². The summed E-state index contributed by atoms with van der Waals surface area (Å²) in [5, 5.41) is 14.2. The Morgan fingerprint density at radius 3 is 2.20 bits per heavy atom. The summed E-state index contributed by atoms with van der Waals surface area (Å²) in [5.41, 5.74) is 4.79. The van der Waals surface area contributed by atoms with E-state index in [0.717, 1.165) is 22.3 Å². The summed E-state index contributed by atoms with van der Waals surface area (Å²) >= 11 is 0. The van der Waals surface area contributed by atoms with Gasteiger partial charge < -0.3 is 19.9 Å². The summed E-state index contributed by atoms with van der Waals surface area (Å²) in [6, 6.07) is 20.1. The Morgan fingerprint density at radius 1 is 0.971 bits per heavy atom. The van der Waals surface area contributed by atoms with Gasteiger partial charge in [-0.2, -0.15) is 0 Å². The van der Waals surface area contributed by atoms with Gasteiger partial charge in [-0.3, -0.25) is 14.9 Å². The van der Waals surface area contributed by atoms with Gasteiger partial charge in [0.2, 0.25) is 0 Å². The molecule has 0 unspecified atom stereocenters. The number of anilines is 1. The van der Waals surface area contributed by atoms with Crippen LogP contribution >= 0.6 is 0 Å². The number of fused-ring (bicyclic) bond motifs is 3. The zero-order valence-corrected chi connectivity index (χ0v) is 19.4. The third-order valence-electron chi connectivity index (χ3n) is 5.91. The molecule has 3 aromatic rings. The molecule has 0 radical (unpaired) electrons. The zero-order valence-electron chi connectivity index (χ0n) is 19.4. The molecule has 0 saturated heterocycles. The van der Waals surface area contributed by atoms with Crippen LogP contribution in [-0.4, -0.2) is 42.8 Å². The van der Waals surface area contributed by atoms with Crippen molar-refractivity contribution in [1.29, 1.82) is 0 Å². The molecule has 3 aromatic carbocycles. The topological polar surface area (TPSA) is 114 Å². The van der Waals surface area contributed by atoms with Crippen LogP contribution in [0.4, 0.5) is 10.5 Å². The van der Waals surface area contributed by atoms with Gasteiger partial charge in [-0.05, 0) is 41.3 Å². The van der Waals surface area contributed by atoms with Crippen molar-refractivity contribution in [3.8, 4) is 16.9 Å². The highest BCUT2D eigenvalue weighted by Gasteiger charge is 2.29. The van der Waals surface area contributed by atoms with Crippen molar-refractivity contribution in [2.75, 3.05) is 19.0 Å². The first-order chi connectivity index (χ1) is 16.9. The molecule has 1 aliphatic carbocycles. The molecule has 0 aromatic heterocycles. The molecule has 1 atom stereocenters. The van der Waals surface area contributed by atoms with Crippen LogP contribution in [0.25, 0.3) is 11.1 Å². The van der Waals surface area contributed by atoms with Gasteiger partial charge in [-0.1, -0.05) is 48.5 Å². The van der Waals surface area contributed by atoms with E-state index < -0.39 is 24.0 Å². The Kier molecular flexibility index (Phi) is 7.01. The van der Waals surface area contributed by atoms with E-state index in [1.807, 2.05) is 36.4 Å². The predicted molar refractivity (Wildman–Crippen MR) is 131 cm³/mol. The summed E-state index contributed by atoms with van der Waals surface area (Å²) in [6.45, 7) is 1.72. The van der Waals surface area contributed by atoms with Gasteiger partial charge in [0.25, 0.3) is 5.91 Å². The molecule has 35 heavy (non-hydrogen) atoms. The van der Waals surface area contributed by atoms with Gasteiger partial charge in [-0.25, -0.2) is 4.79 Å². The molecule has 180 valence electrons. The number of hydrogen-bond donors (Lipinski definition) is 3. The highest BCUT2D eigenvalue weighted by molar-refractivity contribution is 6.03. The number of methoxy groups -OCH3 is 1. The first-order valence-electron chi connectivity index (χ1n) is 11.2. The third kappa shape index (κ3) is 5.27. The van der Waals surface area contributed by atoms with Crippen LogP contribution in [0.3, 0.4) is 0 Å². The Balaban J connectivity index is 1.48. The van der Waals surface area contributed by atoms with Gasteiger partial charge in [0, 0.05) is 18.0 Å². The van der Waals surface area contributed by atoms with Crippen LogP contribution in [0.2, 0.25) is 0 Å². The maximum Gasteiger partial charge on any atom is 0.411 e. The normalized spacial score (nSPS) is 12.7. The second-order valence-electron chi connectivity index (χ2n) is 8.33. The minimum absolute atomic E-state index is 0.0990. The van der Waals surface area contributed by atoms with E-state index in [-0.39, 0.29) is 30.2 Å². The molecular formula is C27H26N2O6. The molecule has 0 fully saturated rings. The SMILES string of the molecule is COc1ccc(C(=O)N[C@@H](C)CC(=O)O)c(NC(=O)OCC2c3ccccc3-c3ccccc32)c1. The van der Waals surface area contributed by atoms with Crippen molar-refractivity contribution in [3.63, 3.8) is 0 Å². The van der Waals surface area contributed by atoms with Gasteiger partial charge in [0.05, 0.1) is 24.8 Å². The van der Waals surface area contributed by atoms with E-state index in [2.05, 4.69) is 22.8 Å². The average molecular weight is 475 g/mol. The second kappa shape index (κ2) is 10.3. The minimum Gasteiger partial charge on any atom is -0.497 e. The lowest BCUT2D eigenvalue weighted by Gasteiger charge is -2.17. The van der Waals surface area contributed by atoms with Gasteiger partial charge in [0.1, 0.15) is 12.4 Å². The number of nitrogens with one attached hydrogen (secondary N) is 2. The van der Waals surface area contributed by atoms with Gasteiger partial charge >= 0.3 is 12.1 Å². The zero-order chi connectivity index (χ0) is 24.9. The standard InChI is InChI=1S/C27H26N2O6/c1-16(13-25(30)31)28-26(32)22-12-11-17(34-2)14-24(22)29-27(33)35-15-23-20-9-5-3-7-18(20)19-8-4-6-10-21(19)23/h3-12,14,16,23H,13,15H2,1-2H3,(H,28,32)(H,29,33)(H,30,31)/t16-/m0/s1. The Morgan fingerprint density at radius 2 is 1.60 bits per heavy atom. The number of carboxylic acid groups (broad SMARTS) is 1. The van der Waals surface area contributed by atoms with Crippen LogP contribution in [-0.2, 0) is 9.53 Å². The highest BCUT2D eigenvalue weighted by atomic mass is 16.5. The van der Waals surface area contributed by atoms with E-state index >= 15 is 0 Å². The monoisotopic (exact) mass is 474 g/mol. The predicted octanol–water partition coefficient (Wildman–Crippen LogP) is 4.65. The summed E-state index contributed by atoms with van der Waals surface area (Å²) in [4.78, 5) is 36.4. The largest absolute Gasteiger partial charge is 0.497 e. The fourth-order valence-corrected chi connectivity index (χ4v) is 4.31. The number of aliphatic carboxylic acids is 1. The quantitative estimate of drug-likeness (QED) is 0.438. The Bertz CT molecular complexity index is 1230. The highest BCUT2D eigenvalue weighted by Crippen LogP contribution is 2.44. The molecule has 0 saturated carbocycles. The van der Waals surface area contributed by atoms with Gasteiger partial charge in [-0.15, -0.1) is 0 Å². The first kappa shape index (κ1) is 23.8. The number of rotatable bonds is 8. The van der Waals surface area contributed by atoms with E-state index in [1.54, 1.807) is 13.0 Å². The Hall–Kier alpha value is -4.33. The van der Waals surface area contributed by atoms with E-state index in [1.165, 1.54) is 19.2 Å². The number of hydrogen-bond acceptors (Lipinski definition) is 5. The molecule has 3 N–H and O–H groups in total. The van der Waals surface area contributed by atoms with Crippen LogP contribution in [0.1, 0.15) is 40.7 Å². The smallest absolute Gasteiger partial charge is 0.411 e. The minimum atomic E-state index is -1.02.